The van der Waals surface area contributed by atoms with Crippen LogP contribution in [0.5, 0.6) is 0 Å². The van der Waals surface area contributed by atoms with Crippen LogP contribution >= 0.6 is 12.2 Å². The van der Waals surface area contributed by atoms with Crippen LogP contribution < -0.4 is 16.4 Å². The molecule has 0 rings (SSSR count). The fourth-order valence-electron chi connectivity index (χ4n) is 1.07. The van der Waals surface area contributed by atoms with Gasteiger partial charge in [0.25, 0.3) is 0 Å². The summed E-state index contributed by atoms with van der Waals surface area (Å²) in [6.45, 7) is 4.13. The third-order valence-corrected chi connectivity index (χ3v) is 2.15. The molecule has 0 aliphatic carbocycles. The Labute approximate surface area is 94.8 Å². The molecular weight excluding hydrogens is 214 g/mol. The van der Waals surface area contributed by atoms with Gasteiger partial charge in [0.15, 0.2) is 0 Å². The van der Waals surface area contributed by atoms with Gasteiger partial charge in [0, 0.05) is 6.54 Å². The Balaban J connectivity index is 4.01. The molecule has 0 aromatic heterocycles. The fraction of sp³-hybridized carbons (Fsp3) is 0.667. The van der Waals surface area contributed by atoms with Crippen LogP contribution in [0.4, 0.5) is 0 Å². The highest BCUT2D eigenvalue weighted by Gasteiger charge is 2.19. The second-order valence-corrected chi connectivity index (χ2v) is 3.51. The highest BCUT2D eigenvalue weighted by atomic mass is 32.1. The smallest absolute Gasteiger partial charge is 0.239 e. The molecule has 0 heterocycles. The van der Waals surface area contributed by atoms with Gasteiger partial charge >= 0.3 is 0 Å². The maximum Gasteiger partial charge on any atom is 0.239 e. The third kappa shape index (κ3) is 5.31. The van der Waals surface area contributed by atoms with Crippen LogP contribution in [0, 0.1) is 5.92 Å². The molecule has 0 bridgehead atoms. The molecule has 0 aromatic rings. The van der Waals surface area contributed by atoms with Crippen LogP contribution in [0.25, 0.3) is 0 Å². The zero-order valence-corrected chi connectivity index (χ0v) is 9.82. The van der Waals surface area contributed by atoms with Gasteiger partial charge in [0.2, 0.25) is 11.8 Å². The lowest BCUT2D eigenvalue weighted by Gasteiger charge is -2.12. The molecule has 1 atom stereocenters. The van der Waals surface area contributed by atoms with Gasteiger partial charge in [0.1, 0.15) is 0 Å². The first kappa shape index (κ1) is 13.8. The summed E-state index contributed by atoms with van der Waals surface area (Å²) in [7, 11) is 0. The van der Waals surface area contributed by atoms with E-state index in [1.807, 2.05) is 13.8 Å². The Kier molecular flexibility index (Phi) is 6.61. The predicted molar refractivity (Wildman–Crippen MR) is 62.3 cm³/mol. The highest BCUT2D eigenvalue weighted by molar-refractivity contribution is 7.80. The maximum absolute atomic E-state index is 11.5. The zero-order valence-electron chi connectivity index (χ0n) is 9.00. The number of thiocarbonyl (C=S) groups is 1. The Morgan fingerprint density at radius 2 is 1.93 bits per heavy atom. The van der Waals surface area contributed by atoms with E-state index in [0.717, 1.165) is 0 Å². The molecule has 0 aliphatic heterocycles. The van der Waals surface area contributed by atoms with Crippen molar-refractivity contribution in [3.05, 3.63) is 0 Å². The summed E-state index contributed by atoms with van der Waals surface area (Å²) in [5, 5.41) is 5.05. The first-order chi connectivity index (χ1) is 7.02. The monoisotopic (exact) mass is 231 g/mol. The van der Waals surface area contributed by atoms with Crippen LogP contribution in [0.15, 0.2) is 0 Å². The van der Waals surface area contributed by atoms with Crippen LogP contribution in [0.1, 0.15) is 20.3 Å². The molecule has 15 heavy (non-hydrogen) atoms. The minimum Gasteiger partial charge on any atom is -0.393 e. The molecule has 0 spiro atoms. The molecule has 0 aromatic carbocycles. The molecule has 2 amide bonds. The lowest BCUT2D eigenvalue weighted by molar-refractivity contribution is -0.127. The minimum atomic E-state index is -0.491. The quantitative estimate of drug-likeness (QED) is 0.541. The van der Waals surface area contributed by atoms with Gasteiger partial charge in [-0.3, -0.25) is 9.59 Å². The van der Waals surface area contributed by atoms with Crippen LogP contribution in [0.2, 0.25) is 0 Å². The van der Waals surface area contributed by atoms with E-state index in [9.17, 15) is 9.59 Å². The Bertz CT molecular complexity index is 256. The summed E-state index contributed by atoms with van der Waals surface area (Å²) in [5.41, 5.74) is 5.38. The number of nitrogens with one attached hydrogen (secondary N) is 2. The summed E-state index contributed by atoms with van der Waals surface area (Å²) in [5.74, 6) is -1.01. The molecule has 0 fully saturated rings. The third-order valence-electron chi connectivity index (χ3n) is 1.87. The zero-order chi connectivity index (χ0) is 11.8. The molecule has 0 radical (unpaired) electrons. The number of likely N-dealkylation sites (N-methyl/N-ethyl adjacent to an activating group) is 1. The van der Waals surface area contributed by atoms with E-state index in [-0.39, 0.29) is 23.3 Å². The van der Waals surface area contributed by atoms with Crippen molar-refractivity contribution in [3.63, 3.8) is 0 Å². The molecule has 4 N–H and O–H groups in total. The van der Waals surface area contributed by atoms with E-state index in [4.69, 9.17) is 18.0 Å². The van der Waals surface area contributed by atoms with Crippen LogP contribution in [0.3, 0.4) is 0 Å². The van der Waals surface area contributed by atoms with Gasteiger partial charge in [-0.2, -0.15) is 0 Å². The van der Waals surface area contributed by atoms with Crippen molar-refractivity contribution in [3.8, 4) is 0 Å². The van der Waals surface area contributed by atoms with Gasteiger partial charge in [-0.25, -0.2) is 0 Å². The Morgan fingerprint density at radius 3 is 2.33 bits per heavy atom. The van der Waals surface area contributed by atoms with Crippen molar-refractivity contribution >= 4 is 29.0 Å². The largest absolute Gasteiger partial charge is 0.393 e. The van der Waals surface area contributed by atoms with Gasteiger partial charge < -0.3 is 16.4 Å². The average Bonchev–Trinajstić information content (AvgIpc) is 2.15. The van der Waals surface area contributed by atoms with Crippen molar-refractivity contribution < 1.29 is 9.59 Å². The van der Waals surface area contributed by atoms with Gasteiger partial charge in [-0.1, -0.05) is 19.1 Å². The lowest BCUT2D eigenvalue weighted by Crippen LogP contribution is -2.42. The topological polar surface area (TPSA) is 84.2 Å². The Morgan fingerprint density at radius 1 is 1.33 bits per heavy atom. The van der Waals surface area contributed by atoms with Gasteiger partial charge in [-0.15, -0.1) is 0 Å². The SMILES string of the molecule is CCNC(=O)CNC(=O)C(CC)C(N)=S. The Hall–Kier alpha value is -1.17. The van der Waals surface area contributed by atoms with Crippen molar-refractivity contribution in [2.75, 3.05) is 13.1 Å². The number of carbonyl (C=O) groups excluding carboxylic acids is 2. The number of hydrogen-bond donors (Lipinski definition) is 3. The summed E-state index contributed by atoms with van der Waals surface area (Å²) < 4.78 is 0. The van der Waals surface area contributed by atoms with Crippen molar-refractivity contribution in [2.45, 2.75) is 20.3 Å². The minimum absolute atomic E-state index is 0.0359. The standard InChI is InChI=1S/C9H17N3O2S/c1-3-6(8(10)15)9(14)12-5-7(13)11-4-2/h6H,3-5H2,1-2H3,(H2,10,15)(H,11,13)(H,12,14). The molecule has 5 nitrogen and oxygen atoms in total. The number of carbonyl (C=O) groups is 2. The summed E-state index contributed by atoms with van der Waals surface area (Å²) in [6.07, 6.45) is 0.538. The fourth-order valence-corrected chi connectivity index (χ4v) is 1.34. The van der Waals surface area contributed by atoms with E-state index in [1.165, 1.54) is 0 Å². The molecule has 86 valence electrons. The predicted octanol–water partition coefficient (Wildman–Crippen LogP) is -0.449. The van der Waals surface area contributed by atoms with Crippen molar-refractivity contribution in [1.29, 1.82) is 0 Å². The lowest BCUT2D eigenvalue weighted by atomic mass is 10.1. The summed E-state index contributed by atoms with van der Waals surface area (Å²) >= 11 is 4.74. The van der Waals surface area contributed by atoms with E-state index >= 15 is 0 Å². The summed E-state index contributed by atoms with van der Waals surface area (Å²) in [6, 6.07) is 0. The van der Waals surface area contributed by atoms with Crippen molar-refractivity contribution in [2.24, 2.45) is 11.7 Å². The first-order valence-electron chi connectivity index (χ1n) is 4.86. The summed E-state index contributed by atoms with van der Waals surface area (Å²) in [4.78, 5) is 22.7. The first-order valence-corrected chi connectivity index (χ1v) is 5.27. The van der Waals surface area contributed by atoms with Crippen LogP contribution in [-0.2, 0) is 9.59 Å². The van der Waals surface area contributed by atoms with Crippen LogP contribution in [-0.4, -0.2) is 29.9 Å². The average molecular weight is 231 g/mol. The maximum atomic E-state index is 11.5. The number of nitrogens with two attached hydrogens (primary N) is 1. The number of rotatable bonds is 6. The normalized spacial score (nSPS) is 11.6. The van der Waals surface area contributed by atoms with Crippen molar-refractivity contribution in [1.82, 2.24) is 10.6 Å². The molecule has 0 saturated heterocycles. The number of amides is 2. The van der Waals surface area contributed by atoms with E-state index < -0.39 is 5.92 Å². The molecule has 6 heteroatoms. The van der Waals surface area contributed by atoms with E-state index in [2.05, 4.69) is 10.6 Å². The van der Waals surface area contributed by atoms with E-state index in [0.29, 0.717) is 13.0 Å². The molecule has 1 unspecified atom stereocenters. The number of hydrogen-bond acceptors (Lipinski definition) is 3. The van der Waals surface area contributed by atoms with E-state index in [1.54, 1.807) is 0 Å². The second-order valence-electron chi connectivity index (χ2n) is 3.03. The van der Waals surface area contributed by atoms with Gasteiger partial charge in [-0.05, 0) is 13.3 Å². The van der Waals surface area contributed by atoms with Gasteiger partial charge in [0.05, 0.1) is 17.5 Å². The molecular formula is C9H17N3O2S. The highest BCUT2D eigenvalue weighted by Crippen LogP contribution is 2.02. The molecule has 0 saturated carbocycles. The molecule has 0 aliphatic rings. The second kappa shape index (κ2) is 7.17.